The first-order valence-corrected chi connectivity index (χ1v) is 7.22. The number of aryl methyl sites for hydroxylation is 1. The van der Waals surface area contributed by atoms with Gasteiger partial charge in [-0.05, 0) is 43.7 Å². The average molecular weight is 247 g/mol. The van der Waals surface area contributed by atoms with E-state index in [1.54, 1.807) is 0 Å². The van der Waals surface area contributed by atoms with Crippen LogP contribution < -0.4 is 5.32 Å². The summed E-state index contributed by atoms with van der Waals surface area (Å²) < 4.78 is 0. The maximum absolute atomic E-state index is 3.69. The molecule has 1 heteroatoms. The molecule has 1 aromatic carbocycles. The Balaban J connectivity index is 2.71. The van der Waals surface area contributed by atoms with E-state index in [-0.39, 0.29) is 0 Å². The normalized spacial score (nSPS) is 13.6. The molecule has 1 nitrogen and oxygen atoms in total. The summed E-state index contributed by atoms with van der Waals surface area (Å²) in [6.07, 6.45) is 3.66. The summed E-state index contributed by atoms with van der Waals surface area (Å²) in [6, 6.07) is 9.41. The van der Waals surface area contributed by atoms with Crippen molar-refractivity contribution in [3.05, 3.63) is 35.4 Å². The molecule has 102 valence electrons. The van der Waals surface area contributed by atoms with Crippen molar-refractivity contribution in [3.8, 4) is 0 Å². The van der Waals surface area contributed by atoms with Crippen LogP contribution in [0.4, 0.5) is 0 Å². The zero-order valence-electron chi connectivity index (χ0n) is 12.7. The van der Waals surface area contributed by atoms with Crippen LogP contribution in [0.3, 0.4) is 0 Å². The summed E-state index contributed by atoms with van der Waals surface area (Å²) in [7, 11) is 0. The Morgan fingerprint density at radius 1 is 1.22 bits per heavy atom. The lowest BCUT2D eigenvalue weighted by Crippen LogP contribution is -2.23. The molecule has 0 aliphatic rings. The van der Waals surface area contributed by atoms with Gasteiger partial charge < -0.3 is 5.32 Å². The van der Waals surface area contributed by atoms with Crippen LogP contribution in [-0.2, 0) is 0 Å². The Morgan fingerprint density at radius 3 is 2.50 bits per heavy atom. The van der Waals surface area contributed by atoms with Crippen LogP contribution in [0.25, 0.3) is 0 Å². The highest BCUT2D eigenvalue weighted by atomic mass is 14.9. The summed E-state index contributed by atoms with van der Waals surface area (Å²) in [4.78, 5) is 0. The molecule has 0 heterocycles. The molecule has 0 aliphatic carbocycles. The van der Waals surface area contributed by atoms with Gasteiger partial charge in [-0.1, -0.05) is 57.5 Å². The molecular weight excluding hydrogens is 218 g/mol. The number of hydrogen-bond donors (Lipinski definition) is 1. The lowest BCUT2D eigenvalue weighted by Gasteiger charge is -2.24. The maximum atomic E-state index is 3.69. The molecule has 1 aromatic rings. The summed E-state index contributed by atoms with van der Waals surface area (Å²) in [5.74, 6) is 0. The smallest absolute Gasteiger partial charge is 0.0320 e. The van der Waals surface area contributed by atoms with Crippen LogP contribution >= 0.6 is 0 Å². The van der Waals surface area contributed by atoms with Gasteiger partial charge >= 0.3 is 0 Å². The van der Waals surface area contributed by atoms with Crippen molar-refractivity contribution in [3.63, 3.8) is 0 Å². The third-order valence-electron chi connectivity index (χ3n) is 3.27. The highest BCUT2D eigenvalue weighted by Gasteiger charge is 2.16. The van der Waals surface area contributed by atoms with Gasteiger partial charge in [0.05, 0.1) is 0 Å². The van der Waals surface area contributed by atoms with Crippen molar-refractivity contribution in [2.24, 2.45) is 5.41 Å². The van der Waals surface area contributed by atoms with Crippen LogP contribution in [0, 0.1) is 12.3 Å². The van der Waals surface area contributed by atoms with E-state index in [2.05, 4.69) is 64.2 Å². The van der Waals surface area contributed by atoms with Crippen molar-refractivity contribution in [1.82, 2.24) is 5.32 Å². The van der Waals surface area contributed by atoms with Crippen molar-refractivity contribution in [2.45, 2.75) is 59.9 Å². The fraction of sp³-hybridized carbons (Fsp3) is 0.647. The lowest BCUT2D eigenvalue weighted by molar-refractivity contribution is 0.332. The molecule has 0 bridgehead atoms. The van der Waals surface area contributed by atoms with E-state index in [1.807, 2.05) is 0 Å². The molecule has 0 fully saturated rings. The quantitative estimate of drug-likeness (QED) is 0.757. The van der Waals surface area contributed by atoms with Gasteiger partial charge in [0.25, 0.3) is 0 Å². The van der Waals surface area contributed by atoms with E-state index < -0.39 is 0 Å². The van der Waals surface area contributed by atoms with Gasteiger partial charge in [-0.2, -0.15) is 0 Å². The van der Waals surface area contributed by atoms with Gasteiger partial charge in [-0.25, -0.2) is 0 Å². The fourth-order valence-electron chi connectivity index (χ4n) is 2.17. The van der Waals surface area contributed by atoms with E-state index in [4.69, 9.17) is 0 Å². The monoisotopic (exact) mass is 247 g/mol. The Morgan fingerprint density at radius 2 is 1.94 bits per heavy atom. The molecular formula is C17H29N. The Labute approximate surface area is 113 Å². The minimum atomic E-state index is 0.413. The van der Waals surface area contributed by atoms with Crippen LogP contribution in [-0.4, -0.2) is 6.54 Å². The van der Waals surface area contributed by atoms with Gasteiger partial charge in [0, 0.05) is 6.04 Å². The van der Waals surface area contributed by atoms with E-state index in [0.717, 1.165) is 6.54 Å². The molecule has 0 amide bonds. The Kier molecular flexibility index (Phi) is 5.87. The number of benzene rings is 1. The largest absolute Gasteiger partial charge is 0.310 e. The average Bonchev–Trinajstić information content (AvgIpc) is 2.28. The predicted octanol–water partition coefficient (Wildman–Crippen LogP) is 4.86. The second-order valence-electron chi connectivity index (χ2n) is 6.52. The van der Waals surface area contributed by atoms with Gasteiger partial charge in [0.15, 0.2) is 0 Å². The SMILES string of the molecule is CCCNC(CCC(C)(C)C)c1cccc(C)c1. The van der Waals surface area contributed by atoms with Crippen LogP contribution in [0.15, 0.2) is 24.3 Å². The van der Waals surface area contributed by atoms with E-state index in [0.29, 0.717) is 11.5 Å². The first-order chi connectivity index (χ1) is 8.42. The second kappa shape index (κ2) is 6.94. The molecule has 1 N–H and O–H groups in total. The molecule has 0 aliphatic heterocycles. The van der Waals surface area contributed by atoms with Crippen molar-refractivity contribution >= 4 is 0 Å². The molecule has 0 aromatic heterocycles. The minimum Gasteiger partial charge on any atom is -0.310 e. The number of hydrogen-bond acceptors (Lipinski definition) is 1. The fourth-order valence-corrected chi connectivity index (χ4v) is 2.17. The third kappa shape index (κ3) is 5.68. The van der Waals surface area contributed by atoms with E-state index in [1.165, 1.54) is 30.4 Å². The summed E-state index contributed by atoms with van der Waals surface area (Å²) in [5, 5.41) is 3.69. The van der Waals surface area contributed by atoms with Crippen molar-refractivity contribution < 1.29 is 0 Å². The lowest BCUT2D eigenvalue weighted by atomic mass is 9.87. The minimum absolute atomic E-state index is 0.413. The maximum Gasteiger partial charge on any atom is 0.0320 e. The van der Waals surface area contributed by atoms with Crippen LogP contribution in [0.5, 0.6) is 0 Å². The first kappa shape index (κ1) is 15.2. The topological polar surface area (TPSA) is 12.0 Å². The zero-order chi connectivity index (χ0) is 13.6. The molecule has 0 radical (unpaired) electrons. The van der Waals surface area contributed by atoms with Gasteiger partial charge in [0.2, 0.25) is 0 Å². The molecule has 0 saturated heterocycles. The highest BCUT2D eigenvalue weighted by Crippen LogP contribution is 2.27. The van der Waals surface area contributed by atoms with Crippen molar-refractivity contribution in [2.75, 3.05) is 6.54 Å². The molecule has 0 spiro atoms. The summed E-state index contributed by atoms with van der Waals surface area (Å²) in [5.41, 5.74) is 3.20. The Hall–Kier alpha value is -0.820. The van der Waals surface area contributed by atoms with E-state index >= 15 is 0 Å². The summed E-state index contributed by atoms with van der Waals surface area (Å²) >= 11 is 0. The first-order valence-electron chi connectivity index (χ1n) is 7.22. The van der Waals surface area contributed by atoms with Gasteiger partial charge in [-0.15, -0.1) is 0 Å². The van der Waals surface area contributed by atoms with Gasteiger partial charge in [0.1, 0.15) is 0 Å². The number of nitrogens with one attached hydrogen (secondary N) is 1. The van der Waals surface area contributed by atoms with Crippen LogP contribution in [0.2, 0.25) is 0 Å². The zero-order valence-corrected chi connectivity index (χ0v) is 12.7. The molecule has 1 rings (SSSR count). The van der Waals surface area contributed by atoms with Gasteiger partial charge in [-0.3, -0.25) is 0 Å². The predicted molar refractivity (Wildman–Crippen MR) is 80.9 cm³/mol. The van der Waals surface area contributed by atoms with Crippen LogP contribution in [0.1, 0.15) is 64.1 Å². The number of rotatable bonds is 6. The summed E-state index contributed by atoms with van der Waals surface area (Å²) in [6.45, 7) is 12.5. The highest BCUT2D eigenvalue weighted by molar-refractivity contribution is 5.25. The van der Waals surface area contributed by atoms with Crippen molar-refractivity contribution in [1.29, 1.82) is 0 Å². The third-order valence-corrected chi connectivity index (χ3v) is 3.27. The van der Waals surface area contributed by atoms with E-state index in [9.17, 15) is 0 Å². The second-order valence-corrected chi connectivity index (χ2v) is 6.52. The Bertz CT molecular complexity index is 349. The molecule has 1 unspecified atom stereocenters. The molecule has 0 saturated carbocycles. The molecule has 1 atom stereocenters. The standard InChI is InChI=1S/C17H29N/c1-6-12-18-16(10-11-17(3,4)5)15-9-7-8-14(2)13-15/h7-9,13,16,18H,6,10-12H2,1-5H3. The molecule has 18 heavy (non-hydrogen) atoms.